The molecular formula is C13H11ClN2O4. The van der Waals surface area contributed by atoms with Crippen molar-refractivity contribution in [2.45, 2.75) is 0 Å². The molecule has 0 heterocycles. The number of nitriles is 1. The maximum absolute atomic E-state index is 11.3. The van der Waals surface area contributed by atoms with Crippen molar-refractivity contribution in [3.8, 4) is 11.8 Å². The third-order valence-electron chi connectivity index (χ3n) is 2.13. The molecular weight excluding hydrogens is 284 g/mol. The van der Waals surface area contributed by atoms with Crippen LogP contribution >= 0.6 is 11.6 Å². The van der Waals surface area contributed by atoms with Gasteiger partial charge in [-0.3, -0.25) is 4.79 Å². The highest BCUT2D eigenvalue weighted by atomic mass is 35.5. The number of ether oxygens (including phenoxy) is 1. The summed E-state index contributed by atoms with van der Waals surface area (Å²) >= 11 is 5.94. The molecule has 0 saturated heterocycles. The Morgan fingerprint density at radius 1 is 1.50 bits per heavy atom. The predicted molar refractivity (Wildman–Crippen MR) is 72.2 cm³/mol. The fraction of sp³-hybridized carbons (Fsp3) is 0.154. The molecule has 0 atom stereocenters. The number of aliphatic carboxylic acids is 1. The SMILES string of the molecule is N#CCNC(=O)COc1cccc(Cl)c1/C=C/C(=O)O. The van der Waals surface area contributed by atoms with Crippen LogP contribution in [0.2, 0.25) is 5.02 Å². The molecule has 0 aliphatic rings. The number of hydrogen-bond acceptors (Lipinski definition) is 4. The van der Waals surface area contributed by atoms with Gasteiger partial charge in [0, 0.05) is 11.6 Å². The number of nitrogens with zero attached hydrogens (tertiary/aromatic N) is 1. The largest absolute Gasteiger partial charge is 0.483 e. The quantitative estimate of drug-likeness (QED) is 0.611. The predicted octanol–water partition coefficient (Wildman–Crippen LogP) is 1.46. The highest BCUT2D eigenvalue weighted by Gasteiger charge is 2.08. The van der Waals surface area contributed by atoms with Crippen LogP contribution in [-0.4, -0.2) is 30.1 Å². The lowest BCUT2D eigenvalue weighted by atomic mass is 10.2. The summed E-state index contributed by atoms with van der Waals surface area (Å²) in [6, 6.07) is 6.51. The summed E-state index contributed by atoms with van der Waals surface area (Å²) in [5.74, 6) is -1.30. The van der Waals surface area contributed by atoms with Gasteiger partial charge in [0.1, 0.15) is 12.3 Å². The summed E-state index contributed by atoms with van der Waals surface area (Å²) in [5.41, 5.74) is 0.365. The summed E-state index contributed by atoms with van der Waals surface area (Å²) in [4.78, 5) is 21.8. The van der Waals surface area contributed by atoms with Crippen molar-refractivity contribution in [2.75, 3.05) is 13.2 Å². The summed E-state index contributed by atoms with van der Waals surface area (Å²) in [7, 11) is 0. The fourth-order valence-corrected chi connectivity index (χ4v) is 1.52. The molecule has 0 aromatic heterocycles. The number of carboxylic acid groups (broad SMARTS) is 1. The summed E-state index contributed by atoms with van der Waals surface area (Å²) in [6.45, 7) is -0.403. The van der Waals surface area contributed by atoms with Crippen LogP contribution in [0.15, 0.2) is 24.3 Å². The third-order valence-corrected chi connectivity index (χ3v) is 2.46. The normalized spacial score (nSPS) is 10.0. The molecule has 2 N–H and O–H groups in total. The van der Waals surface area contributed by atoms with Crippen molar-refractivity contribution in [1.82, 2.24) is 5.32 Å². The van der Waals surface area contributed by atoms with Gasteiger partial charge in [-0.2, -0.15) is 5.26 Å². The van der Waals surface area contributed by atoms with Gasteiger partial charge in [0.05, 0.1) is 11.1 Å². The number of rotatable bonds is 6. The second-order valence-electron chi connectivity index (χ2n) is 3.55. The molecule has 0 spiro atoms. The lowest BCUT2D eigenvalue weighted by molar-refractivity contribution is -0.131. The van der Waals surface area contributed by atoms with Crippen LogP contribution in [-0.2, 0) is 9.59 Å². The number of amides is 1. The van der Waals surface area contributed by atoms with E-state index in [1.54, 1.807) is 24.3 Å². The Morgan fingerprint density at radius 3 is 2.90 bits per heavy atom. The molecule has 7 heteroatoms. The molecule has 6 nitrogen and oxygen atoms in total. The molecule has 1 amide bonds. The van der Waals surface area contributed by atoms with E-state index >= 15 is 0 Å². The molecule has 1 aromatic rings. The van der Waals surface area contributed by atoms with Crippen LogP contribution in [0.1, 0.15) is 5.56 Å². The minimum atomic E-state index is -1.12. The third kappa shape index (κ3) is 5.00. The van der Waals surface area contributed by atoms with Crippen molar-refractivity contribution in [3.05, 3.63) is 34.9 Å². The molecule has 20 heavy (non-hydrogen) atoms. The average molecular weight is 295 g/mol. The van der Waals surface area contributed by atoms with Crippen molar-refractivity contribution in [3.63, 3.8) is 0 Å². The van der Waals surface area contributed by atoms with Crippen LogP contribution in [0, 0.1) is 11.3 Å². The van der Waals surface area contributed by atoms with Gasteiger partial charge in [-0.15, -0.1) is 0 Å². The Morgan fingerprint density at radius 2 is 2.25 bits per heavy atom. The summed E-state index contributed by atoms with van der Waals surface area (Å²) in [6.07, 6.45) is 2.21. The minimum absolute atomic E-state index is 0.108. The van der Waals surface area contributed by atoms with Gasteiger partial charge in [0.2, 0.25) is 0 Å². The van der Waals surface area contributed by atoms with Crippen molar-refractivity contribution < 1.29 is 19.4 Å². The van der Waals surface area contributed by atoms with E-state index in [4.69, 9.17) is 26.7 Å². The molecule has 0 saturated carbocycles. The molecule has 104 valence electrons. The maximum Gasteiger partial charge on any atom is 0.328 e. The van der Waals surface area contributed by atoms with E-state index < -0.39 is 11.9 Å². The summed E-state index contributed by atoms with van der Waals surface area (Å²) in [5, 5.41) is 19.5. The Kier molecular flexibility index (Phi) is 6.07. The number of carbonyl (C=O) groups excluding carboxylic acids is 1. The zero-order chi connectivity index (χ0) is 15.0. The number of nitrogens with one attached hydrogen (secondary N) is 1. The number of benzene rings is 1. The van der Waals surface area contributed by atoms with Gasteiger partial charge in [-0.1, -0.05) is 17.7 Å². The molecule has 0 unspecified atom stereocenters. The van der Waals surface area contributed by atoms with Crippen LogP contribution in [0.3, 0.4) is 0 Å². The first-order chi connectivity index (χ1) is 9.54. The second-order valence-corrected chi connectivity index (χ2v) is 3.95. The van der Waals surface area contributed by atoms with E-state index in [1.165, 1.54) is 6.08 Å². The van der Waals surface area contributed by atoms with Crippen LogP contribution in [0.4, 0.5) is 0 Å². The van der Waals surface area contributed by atoms with Crippen molar-refractivity contribution in [1.29, 1.82) is 5.26 Å². The van der Waals surface area contributed by atoms with E-state index in [0.717, 1.165) is 6.08 Å². The number of halogens is 1. The van der Waals surface area contributed by atoms with Crippen LogP contribution in [0.25, 0.3) is 6.08 Å². The van der Waals surface area contributed by atoms with E-state index in [-0.39, 0.29) is 18.9 Å². The van der Waals surface area contributed by atoms with E-state index in [2.05, 4.69) is 5.32 Å². The highest BCUT2D eigenvalue weighted by Crippen LogP contribution is 2.27. The van der Waals surface area contributed by atoms with Gasteiger partial charge in [0.25, 0.3) is 5.91 Å². The molecule has 0 fully saturated rings. The van der Waals surface area contributed by atoms with Gasteiger partial charge in [0.15, 0.2) is 6.61 Å². The first-order valence-electron chi connectivity index (χ1n) is 5.50. The monoisotopic (exact) mass is 294 g/mol. The second kappa shape index (κ2) is 7.81. The maximum atomic E-state index is 11.3. The smallest absolute Gasteiger partial charge is 0.328 e. The molecule has 0 bridgehead atoms. The number of carbonyl (C=O) groups is 2. The van der Waals surface area contributed by atoms with Crippen LogP contribution in [0.5, 0.6) is 5.75 Å². The Hall–Kier alpha value is -2.52. The molecule has 1 aromatic carbocycles. The van der Waals surface area contributed by atoms with E-state index in [1.807, 2.05) is 0 Å². The topological polar surface area (TPSA) is 99.4 Å². The number of carboxylic acids is 1. The van der Waals surface area contributed by atoms with Gasteiger partial charge >= 0.3 is 5.97 Å². The van der Waals surface area contributed by atoms with Gasteiger partial charge in [-0.05, 0) is 18.2 Å². The Balaban J connectivity index is 2.80. The lowest BCUT2D eigenvalue weighted by Gasteiger charge is -2.09. The zero-order valence-electron chi connectivity index (χ0n) is 10.3. The lowest BCUT2D eigenvalue weighted by Crippen LogP contribution is -2.29. The first kappa shape index (κ1) is 15.5. The standard InChI is InChI=1S/C13H11ClN2O4/c14-10-2-1-3-11(9(10)4-5-13(18)19)20-8-12(17)16-7-6-15/h1-5H,7-8H2,(H,16,17)(H,18,19)/b5-4+. The summed E-state index contributed by atoms with van der Waals surface area (Å²) < 4.78 is 5.26. The number of hydrogen-bond donors (Lipinski definition) is 2. The fourth-order valence-electron chi connectivity index (χ4n) is 1.29. The first-order valence-corrected chi connectivity index (χ1v) is 5.88. The average Bonchev–Trinajstić information content (AvgIpc) is 2.41. The van der Waals surface area contributed by atoms with E-state index in [0.29, 0.717) is 10.6 Å². The van der Waals surface area contributed by atoms with E-state index in [9.17, 15) is 9.59 Å². The Labute approximate surface area is 120 Å². The Bertz CT molecular complexity index is 578. The van der Waals surface area contributed by atoms with Crippen molar-refractivity contribution in [2.24, 2.45) is 0 Å². The van der Waals surface area contributed by atoms with Gasteiger partial charge < -0.3 is 15.2 Å². The highest BCUT2D eigenvalue weighted by molar-refractivity contribution is 6.32. The molecule has 0 radical (unpaired) electrons. The zero-order valence-corrected chi connectivity index (χ0v) is 11.1. The molecule has 1 rings (SSSR count). The van der Waals surface area contributed by atoms with Crippen LogP contribution < -0.4 is 10.1 Å². The molecule has 0 aliphatic heterocycles. The molecule has 0 aliphatic carbocycles. The van der Waals surface area contributed by atoms with Gasteiger partial charge in [-0.25, -0.2) is 4.79 Å². The minimum Gasteiger partial charge on any atom is -0.483 e. The van der Waals surface area contributed by atoms with Crippen molar-refractivity contribution >= 4 is 29.6 Å².